The van der Waals surface area contributed by atoms with E-state index in [-0.39, 0.29) is 17.0 Å². The SMILES string of the molecule is Cc1c(NC(=O)C(C)OC(=O)c2oc3ccccc3c2CSC2CCCCC2)c(=O)n(-c2ccccc2)n1C. The lowest BCUT2D eigenvalue weighted by Crippen LogP contribution is -2.32. The number of hydrogen-bond donors (Lipinski definition) is 1. The number of aromatic nitrogens is 2. The second kappa shape index (κ2) is 11.6. The number of hydrogen-bond acceptors (Lipinski definition) is 6. The lowest BCUT2D eigenvalue weighted by Gasteiger charge is -2.20. The van der Waals surface area contributed by atoms with Crippen molar-refractivity contribution in [2.75, 3.05) is 5.32 Å². The van der Waals surface area contributed by atoms with Crippen molar-refractivity contribution in [2.24, 2.45) is 7.05 Å². The summed E-state index contributed by atoms with van der Waals surface area (Å²) in [4.78, 5) is 39.5. The van der Waals surface area contributed by atoms with E-state index >= 15 is 0 Å². The number of fused-ring (bicyclic) bond motifs is 1. The highest BCUT2D eigenvalue weighted by Gasteiger charge is 2.28. The zero-order valence-corrected chi connectivity index (χ0v) is 23.3. The van der Waals surface area contributed by atoms with Gasteiger partial charge in [-0.05, 0) is 44.9 Å². The number of thioether (sulfide) groups is 1. The lowest BCUT2D eigenvalue weighted by molar-refractivity contribution is -0.123. The van der Waals surface area contributed by atoms with Gasteiger partial charge in [0.1, 0.15) is 11.3 Å². The van der Waals surface area contributed by atoms with Crippen molar-refractivity contribution in [3.05, 3.63) is 82.0 Å². The van der Waals surface area contributed by atoms with Gasteiger partial charge in [-0.15, -0.1) is 0 Å². The predicted octanol–water partition coefficient (Wildman–Crippen LogP) is 5.98. The molecule has 0 radical (unpaired) electrons. The Balaban J connectivity index is 1.32. The summed E-state index contributed by atoms with van der Waals surface area (Å²) in [6.45, 7) is 3.23. The average Bonchev–Trinajstić information content (AvgIpc) is 3.43. The summed E-state index contributed by atoms with van der Waals surface area (Å²) in [5.74, 6) is -0.528. The lowest BCUT2D eigenvalue weighted by atomic mass is 10.0. The van der Waals surface area contributed by atoms with Crippen molar-refractivity contribution < 1.29 is 18.7 Å². The summed E-state index contributed by atoms with van der Waals surface area (Å²) in [6.07, 6.45) is 4.98. The van der Waals surface area contributed by atoms with E-state index in [2.05, 4.69) is 5.32 Å². The van der Waals surface area contributed by atoms with E-state index in [1.807, 2.05) is 66.4 Å². The molecule has 1 aliphatic carbocycles. The minimum absolute atomic E-state index is 0.126. The first kappa shape index (κ1) is 26.9. The van der Waals surface area contributed by atoms with E-state index in [1.165, 1.54) is 43.7 Å². The third-order valence-corrected chi connectivity index (χ3v) is 8.75. The third-order valence-electron chi connectivity index (χ3n) is 7.35. The molecule has 39 heavy (non-hydrogen) atoms. The number of anilines is 1. The van der Waals surface area contributed by atoms with E-state index in [4.69, 9.17) is 9.15 Å². The number of amides is 1. The Labute approximate surface area is 231 Å². The molecule has 1 aliphatic rings. The molecule has 0 saturated heterocycles. The number of rotatable bonds is 8. The molecule has 0 aliphatic heterocycles. The first-order valence-electron chi connectivity index (χ1n) is 13.3. The van der Waals surface area contributed by atoms with Crippen LogP contribution in [0.4, 0.5) is 5.69 Å². The quantitative estimate of drug-likeness (QED) is 0.273. The van der Waals surface area contributed by atoms with Gasteiger partial charge < -0.3 is 14.5 Å². The number of furan rings is 1. The van der Waals surface area contributed by atoms with Gasteiger partial charge >= 0.3 is 5.97 Å². The molecule has 2 heterocycles. The molecule has 2 aromatic heterocycles. The fourth-order valence-corrected chi connectivity index (χ4v) is 6.40. The van der Waals surface area contributed by atoms with E-state index in [0.29, 0.717) is 28.0 Å². The van der Waals surface area contributed by atoms with Crippen LogP contribution in [-0.4, -0.2) is 32.6 Å². The topological polar surface area (TPSA) is 95.5 Å². The molecule has 1 fully saturated rings. The maximum atomic E-state index is 13.3. The Morgan fingerprint density at radius 1 is 1.08 bits per heavy atom. The summed E-state index contributed by atoms with van der Waals surface area (Å²) in [5.41, 5.74) is 2.44. The van der Waals surface area contributed by atoms with E-state index in [0.717, 1.165) is 10.9 Å². The molecule has 4 aromatic rings. The standard InChI is InChI=1S/C30H33N3O5S/c1-19-26(29(35)33(32(19)3)21-12-6-4-7-13-21)31-28(34)20(2)37-30(36)27-24(18-39-22-14-8-5-9-15-22)23-16-10-11-17-25(23)38-27/h4,6-7,10-13,16-17,20,22H,5,8-9,14-15,18H2,1-3H3,(H,31,34). The van der Waals surface area contributed by atoms with Crippen LogP contribution in [0.5, 0.6) is 0 Å². The second-order valence-electron chi connectivity index (χ2n) is 9.95. The molecule has 1 saturated carbocycles. The molecule has 1 amide bonds. The van der Waals surface area contributed by atoms with Crippen molar-refractivity contribution in [2.45, 2.75) is 63.1 Å². The summed E-state index contributed by atoms with van der Waals surface area (Å²) >= 11 is 1.85. The number of ether oxygens (including phenoxy) is 1. The minimum atomic E-state index is -1.14. The Hall–Kier alpha value is -3.72. The van der Waals surface area contributed by atoms with Gasteiger partial charge in [0.25, 0.3) is 11.5 Å². The van der Waals surface area contributed by atoms with Crippen LogP contribution in [0.15, 0.2) is 63.8 Å². The molecule has 1 unspecified atom stereocenters. The molecular formula is C30H33N3O5S. The number of nitrogens with one attached hydrogen (secondary N) is 1. The fraction of sp³-hybridized carbons (Fsp3) is 0.367. The van der Waals surface area contributed by atoms with Crippen molar-refractivity contribution in [1.29, 1.82) is 0 Å². The Morgan fingerprint density at radius 2 is 1.77 bits per heavy atom. The number of carbonyl (C=O) groups is 2. The highest BCUT2D eigenvalue weighted by atomic mass is 32.2. The highest BCUT2D eigenvalue weighted by molar-refractivity contribution is 7.99. The van der Waals surface area contributed by atoms with E-state index in [9.17, 15) is 14.4 Å². The van der Waals surface area contributed by atoms with Crippen LogP contribution in [-0.2, 0) is 22.3 Å². The Bertz CT molecular complexity index is 1550. The van der Waals surface area contributed by atoms with Crippen molar-refractivity contribution in [3.8, 4) is 5.69 Å². The van der Waals surface area contributed by atoms with Gasteiger partial charge in [0, 0.05) is 29.0 Å². The van der Waals surface area contributed by atoms with Crippen molar-refractivity contribution in [3.63, 3.8) is 0 Å². The maximum Gasteiger partial charge on any atom is 0.375 e. The maximum absolute atomic E-state index is 13.3. The first-order valence-corrected chi connectivity index (χ1v) is 14.4. The molecule has 2 aromatic carbocycles. The molecular weight excluding hydrogens is 514 g/mol. The largest absolute Gasteiger partial charge is 0.449 e. The second-order valence-corrected chi connectivity index (χ2v) is 11.2. The molecule has 1 atom stereocenters. The van der Waals surface area contributed by atoms with Gasteiger partial charge in [-0.2, -0.15) is 11.8 Å². The fourth-order valence-electron chi connectivity index (χ4n) is 5.04. The Kier molecular flexibility index (Phi) is 7.97. The van der Waals surface area contributed by atoms with Gasteiger partial charge in [0.05, 0.1) is 11.4 Å². The molecule has 204 valence electrons. The van der Waals surface area contributed by atoms with Crippen LogP contribution in [0.1, 0.15) is 60.8 Å². The van der Waals surface area contributed by atoms with Crippen LogP contribution < -0.4 is 10.9 Å². The minimum Gasteiger partial charge on any atom is -0.449 e. The average molecular weight is 548 g/mol. The molecule has 1 N–H and O–H groups in total. The van der Waals surface area contributed by atoms with E-state index in [1.54, 1.807) is 18.7 Å². The normalized spacial score (nSPS) is 14.8. The van der Waals surface area contributed by atoms with Crippen molar-refractivity contribution >= 4 is 40.3 Å². The molecule has 9 heteroatoms. The number of para-hydroxylation sites is 2. The monoisotopic (exact) mass is 547 g/mol. The molecule has 5 rings (SSSR count). The Morgan fingerprint density at radius 3 is 2.51 bits per heavy atom. The van der Waals surface area contributed by atoms with Crippen LogP contribution in [0.2, 0.25) is 0 Å². The number of benzene rings is 2. The van der Waals surface area contributed by atoms with Crippen LogP contribution in [0.25, 0.3) is 16.7 Å². The van der Waals surface area contributed by atoms with Gasteiger partial charge in [0.15, 0.2) is 6.10 Å². The number of nitrogens with zero attached hydrogens (tertiary/aromatic N) is 2. The first-order chi connectivity index (χ1) is 18.8. The summed E-state index contributed by atoms with van der Waals surface area (Å²) < 4.78 is 14.6. The summed E-state index contributed by atoms with van der Waals surface area (Å²) in [6, 6.07) is 16.7. The van der Waals surface area contributed by atoms with Gasteiger partial charge in [-0.3, -0.25) is 14.3 Å². The highest BCUT2D eigenvalue weighted by Crippen LogP contribution is 2.35. The van der Waals surface area contributed by atoms with Crippen LogP contribution in [0.3, 0.4) is 0 Å². The number of esters is 1. The summed E-state index contributed by atoms with van der Waals surface area (Å²) in [7, 11) is 1.75. The summed E-state index contributed by atoms with van der Waals surface area (Å²) in [5, 5.41) is 4.12. The van der Waals surface area contributed by atoms with Crippen LogP contribution >= 0.6 is 11.8 Å². The zero-order valence-electron chi connectivity index (χ0n) is 22.4. The van der Waals surface area contributed by atoms with Gasteiger partial charge in [-0.25, -0.2) is 9.48 Å². The van der Waals surface area contributed by atoms with Gasteiger partial charge in [0.2, 0.25) is 5.76 Å². The molecule has 0 spiro atoms. The predicted molar refractivity (Wildman–Crippen MR) is 154 cm³/mol. The van der Waals surface area contributed by atoms with Gasteiger partial charge in [-0.1, -0.05) is 55.7 Å². The van der Waals surface area contributed by atoms with Crippen LogP contribution in [0, 0.1) is 6.92 Å². The smallest absolute Gasteiger partial charge is 0.375 e. The molecule has 8 nitrogen and oxygen atoms in total. The van der Waals surface area contributed by atoms with Crippen molar-refractivity contribution in [1.82, 2.24) is 9.36 Å². The van der Waals surface area contributed by atoms with E-state index < -0.39 is 18.0 Å². The number of carbonyl (C=O) groups excluding carboxylic acids is 2. The third kappa shape index (κ3) is 5.54. The molecule has 0 bridgehead atoms. The zero-order chi connectivity index (χ0) is 27.5.